The SMILES string of the molecule is O=C(NS(=O)(=O)CC[C@H]1O[C@H](O)[C@@H](O)[C@@H](O)[C@@H]1O)c1ccno1. The number of nitrogens with zero attached hydrogens (tertiary/aromatic N) is 1. The number of carbonyl (C=O) groups is 1. The maximum Gasteiger partial charge on any atom is 0.303 e. The van der Waals surface area contributed by atoms with Crippen LogP contribution in [0.25, 0.3) is 0 Å². The Morgan fingerprint density at radius 2 is 1.91 bits per heavy atom. The van der Waals surface area contributed by atoms with Gasteiger partial charge in [-0.15, -0.1) is 0 Å². The van der Waals surface area contributed by atoms with Gasteiger partial charge in [-0.2, -0.15) is 0 Å². The molecule has 12 heteroatoms. The summed E-state index contributed by atoms with van der Waals surface area (Å²) in [5.41, 5.74) is 0. The van der Waals surface area contributed by atoms with E-state index < -0.39 is 52.4 Å². The summed E-state index contributed by atoms with van der Waals surface area (Å²) in [5, 5.41) is 41.1. The molecule has 2 heterocycles. The molecule has 1 aromatic rings. The van der Waals surface area contributed by atoms with Crippen LogP contribution >= 0.6 is 0 Å². The van der Waals surface area contributed by atoms with Crippen LogP contribution in [0.3, 0.4) is 0 Å². The number of hydrogen-bond acceptors (Lipinski definition) is 10. The molecule has 1 saturated heterocycles. The highest BCUT2D eigenvalue weighted by Crippen LogP contribution is 2.22. The van der Waals surface area contributed by atoms with Gasteiger partial charge in [0.15, 0.2) is 6.29 Å². The Labute approximate surface area is 130 Å². The first-order valence-electron chi connectivity index (χ1n) is 6.54. The lowest BCUT2D eigenvalue weighted by atomic mass is 9.97. The van der Waals surface area contributed by atoms with Gasteiger partial charge in [-0.1, -0.05) is 5.16 Å². The molecule has 0 bridgehead atoms. The number of nitrogens with one attached hydrogen (secondary N) is 1. The first-order chi connectivity index (χ1) is 10.7. The Morgan fingerprint density at radius 1 is 1.22 bits per heavy atom. The second kappa shape index (κ2) is 6.90. The standard InChI is InChI=1S/C11H16N2O9S/c14-7-5(21-11(18)9(16)8(7)15)2-4-23(19,20)13-10(17)6-1-3-12-22-6/h1,3,5,7-9,11,14-16,18H,2,4H2,(H,13,17)/t5-,7-,8+,9+,11+/m1/s1. The number of sulfonamides is 1. The van der Waals surface area contributed by atoms with Gasteiger partial charge in [-0.3, -0.25) is 4.79 Å². The molecule has 1 aliphatic heterocycles. The molecule has 23 heavy (non-hydrogen) atoms. The Kier molecular flexibility index (Phi) is 5.33. The molecule has 1 aromatic heterocycles. The molecule has 0 unspecified atom stereocenters. The highest BCUT2D eigenvalue weighted by atomic mass is 32.2. The fourth-order valence-electron chi connectivity index (χ4n) is 2.02. The normalized spacial score (nSPS) is 31.7. The molecule has 1 amide bonds. The zero-order valence-corrected chi connectivity index (χ0v) is 12.5. The lowest BCUT2D eigenvalue weighted by Gasteiger charge is -2.38. The Bertz CT molecular complexity index is 632. The predicted octanol–water partition coefficient (Wildman–Crippen LogP) is -3.08. The lowest BCUT2D eigenvalue weighted by molar-refractivity contribution is -0.281. The summed E-state index contributed by atoms with van der Waals surface area (Å²) in [6, 6.07) is 1.17. The van der Waals surface area contributed by atoms with Gasteiger partial charge < -0.3 is 29.7 Å². The van der Waals surface area contributed by atoms with Crippen molar-refractivity contribution in [1.29, 1.82) is 0 Å². The number of hydrogen-bond donors (Lipinski definition) is 5. The van der Waals surface area contributed by atoms with E-state index in [0.717, 1.165) is 0 Å². The third-order valence-electron chi connectivity index (χ3n) is 3.27. The van der Waals surface area contributed by atoms with Gasteiger partial charge in [-0.25, -0.2) is 13.1 Å². The summed E-state index contributed by atoms with van der Waals surface area (Å²) in [6.07, 6.45) is -7.14. The second-order valence-corrected chi connectivity index (χ2v) is 6.79. The number of aliphatic hydroxyl groups excluding tert-OH is 4. The molecule has 1 aliphatic rings. The number of aliphatic hydroxyl groups is 4. The molecule has 0 radical (unpaired) electrons. The summed E-state index contributed by atoms with van der Waals surface area (Å²) in [4.78, 5) is 11.6. The number of carbonyl (C=O) groups excluding carboxylic acids is 1. The van der Waals surface area contributed by atoms with E-state index in [1.54, 1.807) is 4.72 Å². The summed E-state index contributed by atoms with van der Waals surface area (Å²) in [5.74, 6) is -1.94. The smallest absolute Gasteiger partial charge is 0.303 e. The molecular formula is C11H16N2O9S. The Balaban J connectivity index is 1.92. The van der Waals surface area contributed by atoms with E-state index in [2.05, 4.69) is 9.68 Å². The molecule has 5 atom stereocenters. The zero-order chi connectivity index (χ0) is 17.2. The van der Waals surface area contributed by atoms with E-state index in [9.17, 15) is 33.6 Å². The van der Waals surface area contributed by atoms with Crippen LogP contribution in [-0.4, -0.2) is 76.4 Å². The summed E-state index contributed by atoms with van der Waals surface area (Å²) in [7, 11) is -4.08. The van der Waals surface area contributed by atoms with Crippen LogP contribution in [0.1, 0.15) is 17.0 Å². The van der Waals surface area contributed by atoms with Crippen molar-refractivity contribution in [2.45, 2.75) is 37.1 Å². The number of amides is 1. The van der Waals surface area contributed by atoms with Crippen molar-refractivity contribution in [2.75, 3.05) is 5.75 Å². The minimum absolute atomic E-state index is 0.295. The van der Waals surface area contributed by atoms with Crippen LogP contribution in [0.4, 0.5) is 0 Å². The monoisotopic (exact) mass is 352 g/mol. The van der Waals surface area contributed by atoms with Crippen LogP contribution in [0.5, 0.6) is 0 Å². The van der Waals surface area contributed by atoms with E-state index in [-0.39, 0.29) is 12.2 Å². The largest absolute Gasteiger partial charge is 0.388 e. The summed E-state index contributed by atoms with van der Waals surface area (Å²) >= 11 is 0. The van der Waals surface area contributed by atoms with E-state index in [0.29, 0.717) is 0 Å². The molecule has 0 aromatic carbocycles. The maximum absolute atomic E-state index is 11.8. The van der Waals surface area contributed by atoms with Gasteiger partial charge in [0.25, 0.3) is 0 Å². The van der Waals surface area contributed by atoms with Crippen molar-refractivity contribution in [3.05, 3.63) is 18.0 Å². The third-order valence-corrected chi connectivity index (χ3v) is 4.54. The van der Waals surface area contributed by atoms with E-state index in [4.69, 9.17) is 4.74 Å². The molecule has 5 N–H and O–H groups in total. The second-order valence-electron chi connectivity index (χ2n) is 4.95. The first-order valence-corrected chi connectivity index (χ1v) is 8.20. The van der Waals surface area contributed by atoms with Gasteiger partial charge in [0.2, 0.25) is 15.8 Å². The van der Waals surface area contributed by atoms with Crippen LogP contribution in [0.2, 0.25) is 0 Å². The van der Waals surface area contributed by atoms with E-state index in [1.807, 2.05) is 0 Å². The number of aromatic nitrogens is 1. The Hall–Kier alpha value is -1.57. The quantitative estimate of drug-likeness (QED) is 0.365. The zero-order valence-electron chi connectivity index (χ0n) is 11.6. The Morgan fingerprint density at radius 3 is 2.52 bits per heavy atom. The van der Waals surface area contributed by atoms with Gasteiger partial charge in [-0.05, 0) is 6.42 Å². The first kappa shape index (κ1) is 17.8. The average molecular weight is 352 g/mol. The fourth-order valence-corrected chi connectivity index (χ4v) is 3.04. The molecule has 1 fully saturated rings. The van der Waals surface area contributed by atoms with Crippen LogP contribution < -0.4 is 4.72 Å². The van der Waals surface area contributed by atoms with Gasteiger partial charge in [0.1, 0.15) is 18.3 Å². The third kappa shape index (κ3) is 4.25. The maximum atomic E-state index is 11.8. The van der Waals surface area contributed by atoms with Crippen LogP contribution in [0.15, 0.2) is 16.8 Å². The van der Waals surface area contributed by atoms with Crippen molar-refractivity contribution in [1.82, 2.24) is 9.88 Å². The summed E-state index contributed by atoms with van der Waals surface area (Å²) < 4.78 is 34.7. The van der Waals surface area contributed by atoms with Crippen molar-refractivity contribution < 1.29 is 42.9 Å². The van der Waals surface area contributed by atoms with Crippen LogP contribution in [0, 0.1) is 0 Å². The molecular weight excluding hydrogens is 336 g/mol. The topological polar surface area (TPSA) is 179 Å². The molecule has 0 saturated carbocycles. The molecule has 0 spiro atoms. The van der Waals surface area contributed by atoms with Gasteiger partial charge in [0.05, 0.1) is 18.1 Å². The molecule has 130 valence electrons. The average Bonchev–Trinajstić information content (AvgIpc) is 3.01. The lowest BCUT2D eigenvalue weighted by Crippen LogP contribution is -2.57. The van der Waals surface area contributed by atoms with Crippen molar-refractivity contribution >= 4 is 15.9 Å². The molecule has 0 aliphatic carbocycles. The molecule has 2 rings (SSSR count). The van der Waals surface area contributed by atoms with Crippen molar-refractivity contribution in [2.24, 2.45) is 0 Å². The van der Waals surface area contributed by atoms with Gasteiger partial charge >= 0.3 is 5.91 Å². The van der Waals surface area contributed by atoms with E-state index >= 15 is 0 Å². The minimum atomic E-state index is -4.08. The van der Waals surface area contributed by atoms with Crippen LogP contribution in [-0.2, 0) is 14.8 Å². The number of ether oxygens (including phenoxy) is 1. The highest BCUT2D eigenvalue weighted by Gasteiger charge is 2.43. The van der Waals surface area contributed by atoms with Crippen molar-refractivity contribution in [3.8, 4) is 0 Å². The fraction of sp³-hybridized carbons (Fsp3) is 0.636. The van der Waals surface area contributed by atoms with E-state index in [1.165, 1.54) is 12.3 Å². The van der Waals surface area contributed by atoms with Crippen molar-refractivity contribution in [3.63, 3.8) is 0 Å². The summed E-state index contributed by atoms with van der Waals surface area (Å²) in [6.45, 7) is 0. The molecule has 11 nitrogen and oxygen atoms in total. The number of rotatable bonds is 5. The highest BCUT2D eigenvalue weighted by molar-refractivity contribution is 7.90. The predicted molar refractivity (Wildman–Crippen MR) is 71.3 cm³/mol. The van der Waals surface area contributed by atoms with Gasteiger partial charge in [0, 0.05) is 6.07 Å². The minimum Gasteiger partial charge on any atom is -0.388 e.